The third-order valence-corrected chi connectivity index (χ3v) is 19.5. The molecule has 9 heteroatoms. The number of benzene rings is 14. The van der Waals surface area contributed by atoms with Crippen molar-refractivity contribution in [3.8, 4) is 11.5 Å². The molecule has 0 N–H and O–H groups in total. The molecule has 5 aliphatic heterocycles. The largest absolute Gasteiger partial charge is 0.458 e. The maximum Gasteiger partial charge on any atom is 0.256 e. The van der Waals surface area contributed by atoms with Crippen molar-refractivity contribution in [3.05, 3.63) is 351 Å². The summed E-state index contributed by atoms with van der Waals surface area (Å²) in [5.41, 5.74) is 28.6. The van der Waals surface area contributed by atoms with Crippen LogP contribution in [-0.2, 0) is 0 Å². The van der Waals surface area contributed by atoms with Gasteiger partial charge in [0.05, 0.1) is 22.7 Å². The minimum atomic E-state index is -0.284. The maximum absolute atomic E-state index is 7.88. The summed E-state index contributed by atoms with van der Waals surface area (Å²) in [5.74, 6) is 1.61. The van der Waals surface area contributed by atoms with E-state index >= 15 is 0 Å². The van der Waals surface area contributed by atoms with Crippen LogP contribution < -0.4 is 66.9 Å². The molecule has 0 radical (unpaired) electrons. The van der Waals surface area contributed by atoms with Gasteiger partial charge in [-0.15, -0.1) is 0 Å². The smallest absolute Gasteiger partial charge is 0.256 e. The number of ether oxygens (including phenoxy) is 1. The van der Waals surface area contributed by atoms with Gasteiger partial charge in [0.2, 0.25) is 0 Å². The first-order chi connectivity index (χ1) is 47.2. The Morgan fingerprint density at radius 1 is 0.221 bits per heavy atom. The zero-order valence-corrected chi connectivity index (χ0v) is 51.7. The summed E-state index contributed by atoms with van der Waals surface area (Å²) >= 11 is 0. The van der Waals surface area contributed by atoms with Crippen LogP contribution >= 0.6 is 0 Å². The molecule has 444 valence electrons. The quantitative estimate of drug-likeness (QED) is 0.126. The van der Waals surface area contributed by atoms with Crippen molar-refractivity contribution in [2.24, 2.45) is 0 Å². The molecule has 0 fully saturated rings. The summed E-state index contributed by atoms with van der Waals surface area (Å²) in [7, 11) is 0. The Hall–Kier alpha value is -12.5. The Morgan fingerprint density at radius 2 is 0.589 bits per heavy atom. The zero-order chi connectivity index (χ0) is 62.5. The van der Waals surface area contributed by atoms with Crippen LogP contribution in [0.15, 0.2) is 340 Å². The highest BCUT2D eigenvalue weighted by Crippen LogP contribution is 2.53. The van der Waals surface area contributed by atoms with E-state index in [1.165, 1.54) is 21.9 Å². The molecule has 0 saturated heterocycles. The minimum Gasteiger partial charge on any atom is -0.458 e. The summed E-state index contributed by atoms with van der Waals surface area (Å²) in [6, 6.07) is 124. The minimum absolute atomic E-state index is 0.197. The molecule has 95 heavy (non-hydrogen) atoms. The average Bonchev–Trinajstić information content (AvgIpc) is 0.851. The Morgan fingerprint density at radius 3 is 1.09 bits per heavy atom. The lowest BCUT2D eigenvalue weighted by atomic mass is 9.30. The van der Waals surface area contributed by atoms with E-state index in [1.54, 1.807) is 0 Å². The van der Waals surface area contributed by atoms with Gasteiger partial charge in [-0.3, -0.25) is 0 Å². The normalized spacial score (nSPS) is 13.2. The van der Waals surface area contributed by atoms with Crippen molar-refractivity contribution >= 4 is 161 Å². The topological polar surface area (TPSA) is 28.7 Å². The Kier molecular flexibility index (Phi) is 12.7. The molecule has 7 nitrogen and oxygen atoms in total. The lowest BCUT2D eigenvalue weighted by Crippen LogP contribution is -2.64. The molecule has 0 aromatic heterocycles. The molecular weight excluding hydrogens is 1150 g/mol. The summed E-state index contributed by atoms with van der Waals surface area (Å²) in [6.45, 7) is -0.481. The van der Waals surface area contributed by atoms with E-state index in [2.05, 4.69) is 381 Å². The van der Waals surface area contributed by atoms with Crippen molar-refractivity contribution < 1.29 is 4.74 Å². The molecule has 0 amide bonds. The molecular formula is C86H58B2N6O. The fourth-order valence-corrected chi connectivity index (χ4v) is 15.6. The average molecular weight is 1210 g/mol. The molecule has 14 aromatic rings. The van der Waals surface area contributed by atoms with Crippen LogP contribution in [0.5, 0.6) is 11.5 Å². The highest BCUT2D eigenvalue weighted by Gasteiger charge is 2.49. The third kappa shape index (κ3) is 8.77. The van der Waals surface area contributed by atoms with Crippen LogP contribution in [0.2, 0.25) is 0 Å². The first-order valence-electron chi connectivity index (χ1n) is 32.6. The number of para-hydroxylation sites is 10. The van der Waals surface area contributed by atoms with Crippen LogP contribution in [-0.4, -0.2) is 13.4 Å². The van der Waals surface area contributed by atoms with Crippen LogP contribution in [0, 0.1) is 0 Å². The summed E-state index contributed by atoms with van der Waals surface area (Å²) < 4.78 is 7.88. The predicted octanol–water partition coefficient (Wildman–Crippen LogP) is 19.1. The molecule has 19 rings (SSSR count). The van der Waals surface area contributed by atoms with Crippen LogP contribution in [0.25, 0.3) is 12.2 Å². The van der Waals surface area contributed by atoms with Gasteiger partial charge in [0.15, 0.2) is 0 Å². The number of nitrogens with zero attached hydrogens (tertiary/aromatic N) is 6. The first kappa shape index (κ1) is 54.3. The summed E-state index contributed by atoms with van der Waals surface area (Å²) in [5, 5.41) is 0. The molecule has 0 atom stereocenters. The van der Waals surface area contributed by atoms with E-state index < -0.39 is 0 Å². The van der Waals surface area contributed by atoms with E-state index in [0.29, 0.717) is 0 Å². The first-order valence-corrected chi connectivity index (χ1v) is 32.6. The maximum atomic E-state index is 7.88. The highest BCUT2D eigenvalue weighted by molar-refractivity contribution is 7.02. The molecule has 0 saturated carbocycles. The molecule has 0 aliphatic carbocycles. The number of anilines is 18. The van der Waals surface area contributed by atoms with E-state index in [0.717, 1.165) is 136 Å². The van der Waals surface area contributed by atoms with Gasteiger partial charge in [-0.25, -0.2) is 0 Å². The summed E-state index contributed by atoms with van der Waals surface area (Å²) in [6.07, 6.45) is 4.62. The highest BCUT2D eigenvalue weighted by atomic mass is 16.5. The van der Waals surface area contributed by atoms with Crippen molar-refractivity contribution in [1.82, 2.24) is 0 Å². The van der Waals surface area contributed by atoms with E-state index in [-0.39, 0.29) is 13.4 Å². The van der Waals surface area contributed by atoms with Gasteiger partial charge in [-0.05, 0) is 177 Å². The monoisotopic (exact) mass is 1210 g/mol. The van der Waals surface area contributed by atoms with Gasteiger partial charge in [0.1, 0.15) is 11.5 Å². The Labute approximate surface area is 554 Å². The van der Waals surface area contributed by atoms with E-state index in [4.69, 9.17) is 4.74 Å². The lowest BCUT2D eigenvalue weighted by Gasteiger charge is -2.46. The third-order valence-electron chi connectivity index (χ3n) is 19.5. The van der Waals surface area contributed by atoms with Crippen LogP contribution in [0.1, 0.15) is 11.1 Å². The number of hydrogen-bond donors (Lipinski definition) is 0. The molecule has 14 aromatic carbocycles. The van der Waals surface area contributed by atoms with Gasteiger partial charge in [-0.2, -0.15) is 0 Å². The fraction of sp³-hybridized carbons (Fsp3) is 0. The van der Waals surface area contributed by atoms with Gasteiger partial charge >= 0.3 is 0 Å². The van der Waals surface area contributed by atoms with Gasteiger partial charge in [0, 0.05) is 91.8 Å². The van der Waals surface area contributed by atoms with E-state index in [1.807, 2.05) is 0 Å². The molecule has 0 bridgehead atoms. The van der Waals surface area contributed by atoms with E-state index in [9.17, 15) is 0 Å². The van der Waals surface area contributed by atoms with Gasteiger partial charge in [0.25, 0.3) is 13.4 Å². The van der Waals surface area contributed by atoms with Crippen molar-refractivity contribution in [2.45, 2.75) is 0 Å². The standard InChI is InChI=1S/C86H58B2N6O/c1-9-30-61(31-10-1)89(62-32-11-2-12-33-62)69-52-80-85-81(53-69)94(68-44-23-8-24-45-68)79-58-83-74(56-73(79)87(85)71-46-26-28-48-76(71)92(80)66-40-19-6-20-41-66)88-72-51-60-50-49-59-29-25-27-47-75(59)91(65-38-17-5-18-39-65)77(60)57-78(72)93(67-42-21-7-22-43-67)82-54-70(55-84(95-83)86(82)88)90(63-34-13-3-14-35-63)64-36-15-4-16-37-64/h1-58H. The second-order valence-electron chi connectivity index (χ2n) is 24.8. The lowest BCUT2D eigenvalue weighted by molar-refractivity contribution is 0.488. The zero-order valence-electron chi connectivity index (χ0n) is 51.7. The number of fused-ring (bicyclic) bond motifs is 10. The molecule has 0 spiro atoms. The van der Waals surface area contributed by atoms with Crippen molar-refractivity contribution in [1.29, 1.82) is 0 Å². The predicted molar refractivity (Wildman–Crippen MR) is 399 cm³/mol. The van der Waals surface area contributed by atoms with Crippen LogP contribution in [0.3, 0.4) is 0 Å². The number of rotatable bonds is 10. The van der Waals surface area contributed by atoms with Gasteiger partial charge in [-0.1, -0.05) is 206 Å². The SMILES string of the molecule is C1=Cc2cc3c(cc2N(c2ccccc2)c2ccccc21)N(c1ccccc1)c1cc(N(c2ccccc2)c2ccccc2)cc2c1B3c1cc3c(cc1O2)N(c1ccccc1)c1cc(N(c2ccccc2)c2ccccc2)cc2c1B3c1ccccc1N2c1ccccc1. The molecule has 0 unspecified atom stereocenters. The Balaban J connectivity index is 0.914. The van der Waals surface area contributed by atoms with Crippen LogP contribution in [0.4, 0.5) is 102 Å². The van der Waals surface area contributed by atoms with Gasteiger partial charge < -0.3 is 34.1 Å². The second-order valence-corrected chi connectivity index (χ2v) is 24.8. The Bertz CT molecular complexity index is 5240. The second kappa shape index (κ2) is 22.2. The fourth-order valence-electron chi connectivity index (χ4n) is 15.6. The van der Waals surface area contributed by atoms with Crippen molar-refractivity contribution in [3.63, 3.8) is 0 Å². The summed E-state index contributed by atoms with van der Waals surface area (Å²) in [4.78, 5) is 14.7. The molecule has 5 heterocycles. The number of hydrogen-bond acceptors (Lipinski definition) is 7. The van der Waals surface area contributed by atoms with Crippen molar-refractivity contribution in [2.75, 3.05) is 29.4 Å². The molecule has 5 aliphatic rings.